The van der Waals surface area contributed by atoms with Gasteiger partial charge in [0, 0.05) is 19.6 Å². The number of hydrogen-bond donors (Lipinski definition) is 3. The molecule has 0 atom stereocenters. The second kappa shape index (κ2) is 10.6. The van der Waals surface area contributed by atoms with Crippen LogP contribution >= 0.6 is 0 Å². The molecule has 0 saturated carbocycles. The number of ether oxygens (including phenoxy) is 1. The minimum atomic E-state index is 0.321. The van der Waals surface area contributed by atoms with Gasteiger partial charge in [-0.15, -0.1) is 0 Å². The number of nitrogens with one attached hydrogen (secondary N) is 2. The summed E-state index contributed by atoms with van der Waals surface area (Å²) in [5.74, 6) is 0.507. The summed E-state index contributed by atoms with van der Waals surface area (Å²) in [6, 6.07) is 0. The van der Waals surface area contributed by atoms with E-state index in [1.165, 1.54) is 0 Å². The topological polar surface area (TPSA) is 95.5 Å². The van der Waals surface area contributed by atoms with Crippen LogP contribution in [0.25, 0.3) is 0 Å². The van der Waals surface area contributed by atoms with E-state index in [9.17, 15) is 0 Å². The molecule has 0 aliphatic carbocycles. The van der Waals surface area contributed by atoms with Crippen molar-refractivity contribution < 1.29 is 4.74 Å². The quantitative estimate of drug-likeness (QED) is 0.199. The molecule has 0 saturated heterocycles. The third-order valence-electron chi connectivity index (χ3n) is 2.33. The van der Waals surface area contributed by atoms with Gasteiger partial charge in [0.25, 0.3) is 0 Å². The van der Waals surface area contributed by atoms with Crippen LogP contribution in [0.4, 0.5) is 0 Å². The van der Waals surface area contributed by atoms with E-state index in [1.54, 1.807) is 0 Å². The highest BCUT2D eigenvalue weighted by Crippen LogP contribution is 2.20. The monoisotopic (exact) mass is 269 g/mol. The first-order chi connectivity index (χ1) is 8.99. The molecule has 0 amide bonds. The van der Waals surface area contributed by atoms with E-state index in [1.807, 2.05) is 6.19 Å². The molecule has 110 valence electrons. The molecule has 6 nitrogen and oxygen atoms in total. The predicted octanol–water partition coefficient (Wildman–Crippen LogP) is 0.804. The van der Waals surface area contributed by atoms with Crippen molar-refractivity contribution in [2.45, 2.75) is 33.6 Å². The summed E-state index contributed by atoms with van der Waals surface area (Å²) in [6.07, 6.45) is 3.99. The van der Waals surface area contributed by atoms with Crippen molar-refractivity contribution in [3.05, 3.63) is 0 Å². The van der Waals surface area contributed by atoms with Crippen molar-refractivity contribution in [2.75, 3.05) is 32.8 Å². The molecule has 0 aliphatic rings. The molecule has 0 aromatic heterocycles. The maximum absolute atomic E-state index is 8.63. The third-order valence-corrected chi connectivity index (χ3v) is 2.33. The summed E-state index contributed by atoms with van der Waals surface area (Å²) in [6.45, 7) is 9.54. The highest BCUT2D eigenvalue weighted by atomic mass is 16.5. The van der Waals surface area contributed by atoms with Gasteiger partial charge in [0.1, 0.15) is 0 Å². The Labute approximate surface area is 116 Å². The predicted molar refractivity (Wildman–Crippen MR) is 77.6 cm³/mol. The molecule has 0 spiro atoms. The van der Waals surface area contributed by atoms with Gasteiger partial charge in [0.2, 0.25) is 5.96 Å². The van der Waals surface area contributed by atoms with E-state index >= 15 is 0 Å². The summed E-state index contributed by atoms with van der Waals surface area (Å²) in [5, 5.41) is 14.2. The van der Waals surface area contributed by atoms with Gasteiger partial charge in [-0.1, -0.05) is 20.8 Å². The largest absolute Gasteiger partial charge is 0.378 e. The summed E-state index contributed by atoms with van der Waals surface area (Å²) >= 11 is 0. The van der Waals surface area contributed by atoms with E-state index in [0.29, 0.717) is 44.2 Å². The summed E-state index contributed by atoms with van der Waals surface area (Å²) in [4.78, 5) is 4.33. The lowest BCUT2D eigenvalue weighted by atomic mass is 9.91. The van der Waals surface area contributed by atoms with Crippen molar-refractivity contribution in [3.8, 4) is 6.19 Å². The fourth-order valence-electron chi connectivity index (χ4n) is 1.42. The van der Waals surface area contributed by atoms with Crippen LogP contribution in [-0.4, -0.2) is 38.8 Å². The molecule has 0 aliphatic heterocycles. The first-order valence-corrected chi connectivity index (χ1v) is 6.71. The second-order valence-electron chi connectivity index (χ2n) is 5.46. The van der Waals surface area contributed by atoms with Crippen LogP contribution in [0.2, 0.25) is 0 Å². The minimum absolute atomic E-state index is 0.321. The van der Waals surface area contributed by atoms with Gasteiger partial charge in [-0.3, -0.25) is 10.3 Å². The molecule has 6 heteroatoms. The smallest absolute Gasteiger partial charge is 0.204 e. The van der Waals surface area contributed by atoms with Gasteiger partial charge in [0.15, 0.2) is 6.19 Å². The van der Waals surface area contributed by atoms with Crippen LogP contribution in [0.3, 0.4) is 0 Å². The number of nitriles is 1. The number of aliphatic imine (C=N–C) groups is 1. The number of rotatable bonds is 8. The molecular formula is C13H27N5O. The van der Waals surface area contributed by atoms with E-state index in [-0.39, 0.29) is 0 Å². The Morgan fingerprint density at radius 3 is 2.68 bits per heavy atom. The van der Waals surface area contributed by atoms with Crippen LogP contribution in [0.5, 0.6) is 0 Å². The summed E-state index contributed by atoms with van der Waals surface area (Å²) in [7, 11) is 0. The first-order valence-electron chi connectivity index (χ1n) is 6.71. The average molecular weight is 269 g/mol. The molecule has 0 radical (unpaired) electrons. The highest BCUT2D eigenvalue weighted by molar-refractivity contribution is 5.81. The molecule has 0 aromatic rings. The fourth-order valence-corrected chi connectivity index (χ4v) is 1.42. The second-order valence-corrected chi connectivity index (χ2v) is 5.46. The minimum Gasteiger partial charge on any atom is -0.378 e. The Kier molecular flexibility index (Phi) is 9.85. The molecule has 0 heterocycles. The number of hydrogen-bond acceptors (Lipinski definition) is 4. The highest BCUT2D eigenvalue weighted by Gasteiger charge is 2.08. The van der Waals surface area contributed by atoms with Gasteiger partial charge in [-0.25, -0.2) is 0 Å². The number of nitrogens with zero attached hydrogens (tertiary/aromatic N) is 2. The van der Waals surface area contributed by atoms with Crippen LogP contribution < -0.4 is 16.4 Å². The van der Waals surface area contributed by atoms with Crippen molar-refractivity contribution in [1.29, 1.82) is 5.26 Å². The zero-order chi connectivity index (χ0) is 14.6. The Morgan fingerprint density at radius 1 is 1.37 bits per heavy atom. The van der Waals surface area contributed by atoms with E-state index in [0.717, 1.165) is 12.8 Å². The van der Waals surface area contributed by atoms with Gasteiger partial charge in [-0.2, -0.15) is 5.26 Å². The Balaban J connectivity index is 3.86. The van der Waals surface area contributed by atoms with Crippen LogP contribution in [0.15, 0.2) is 4.99 Å². The Hall–Kier alpha value is -1.32. The number of guanidine groups is 1. The molecule has 0 aromatic carbocycles. The maximum Gasteiger partial charge on any atom is 0.204 e. The lowest BCUT2D eigenvalue weighted by Gasteiger charge is -2.16. The van der Waals surface area contributed by atoms with Gasteiger partial charge >= 0.3 is 0 Å². The molecule has 4 N–H and O–H groups in total. The lowest BCUT2D eigenvalue weighted by molar-refractivity contribution is 0.146. The van der Waals surface area contributed by atoms with E-state index < -0.39 is 0 Å². The van der Waals surface area contributed by atoms with Crippen LogP contribution in [-0.2, 0) is 4.74 Å². The molecular weight excluding hydrogens is 242 g/mol. The summed E-state index contributed by atoms with van der Waals surface area (Å²) in [5.41, 5.74) is 5.63. The Morgan fingerprint density at radius 2 is 2.11 bits per heavy atom. The zero-order valence-electron chi connectivity index (χ0n) is 12.3. The van der Waals surface area contributed by atoms with Crippen molar-refractivity contribution in [1.82, 2.24) is 10.6 Å². The van der Waals surface area contributed by atoms with Gasteiger partial charge in [0.05, 0.1) is 13.2 Å². The Bertz CT molecular complexity index is 290. The first kappa shape index (κ1) is 17.7. The molecule has 0 rings (SSSR count). The standard InChI is InChI=1S/C13H27N5O/c1-13(2,3)5-4-7-16-12(18-11-15)17-8-10-19-9-6-14/h4-10,14H2,1-3H3,(H2,16,17,18). The molecule has 19 heavy (non-hydrogen) atoms. The molecule has 0 bridgehead atoms. The summed E-state index contributed by atoms with van der Waals surface area (Å²) < 4.78 is 5.23. The van der Waals surface area contributed by atoms with Crippen molar-refractivity contribution in [2.24, 2.45) is 16.1 Å². The van der Waals surface area contributed by atoms with Crippen molar-refractivity contribution in [3.63, 3.8) is 0 Å². The molecule has 0 unspecified atom stereocenters. The fraction of sp³-hybridized carbons (Fsp3) is 0.846. The maximum atomic E-state index is 8.63. The van der Waals surface area contributed by atoms with E-state index in [4.69, 9.17) is 15.7 Å². The average Bonchev–Trinajstić information content (AvgIpc) is 2.33. The molecule has 0 fully saturated rings. The van der Waals surface area contributed by atoms with Crippen LogP contribution in [0, 0.1) is 16.9 Å². The van der Waals surface area contributed by atoms with Crippen LogP contribution in [0.1, 0.15) is 33.6 Å². The SMILES string of the molecule is CC(C)(C)CCCN=C(NC#N)NCCOCCN. The number of nitrogens with two attached hydrogens (primary N) is 1. The van der Waals surface area contributed by atoms with Gasteiger partial charge in [-0.05, 0) is 18.3 Å². The zero-order valence-corrected chi connectivity index (χ0v) is 12.3. The third kappa shape index (κ3) is 12.9. The van der Waals surface area contributed by atoms with E-state index in [2.05, 4.69) is 36.4 Å². The lowest BCUT2D eigenvalue weighted by Crippen LogP contribution is -2.37. The normalized spacial score (nSPS) is 12.1. The van der Waals surface area contributed by atoms with Gasteiger partial charge < -0.3 is 15.8 Å². The van der Waals surface area contributed by atoms with Crippen molar-refractivity contribution >= 4 is 5.96 Å².